The third-order valence-electron chi connectivity index (χ3n) is 2.12. The summed E-state index contributed by atoms with van der Waals surface area (Å²) in [6.45, 7) is 2.37. The van der Waals surface area contributed by atoms with Crippen molar-refractivity contribution in [3.63, 3.8) is 0 Å². The van der Waals surface area contributed by atoms with Crippen molar-refractivity contribution in [2.24, 2.45) is 0 Å². The normalized spacial score (nSPS) is 11.1. The molecule has 0 unspecified atom stereocenters. The molecule has 0 atom stereocenters. The predicted molar refractivity (Wildman–Crippen MR) is 49.7 cm³/mol. The quantitative estimate of drug-likeness (QED) is 0.758. The topological polar surface area (TPSA) is 43.8 Å². The number of halogens is 2. The first kappa shape index (κ1) is 8.93. The van der Waals surface area contributed by atoms with E-state index in [4.69, 9.17) is 5.73 Å². The summed E-state index contributed by atoms with van der Waals surface area (Å²) >= 11 is 0. The molecule has 0 spiro atoms. The number of aromatic nitrogens is 2. The summed E-state index contributed by atoms with van der Waals surface area (Å²) in [5.41, 5.74) is 6.05. The van der Waals surface area contributed by atoms with Gasteiger partial charge in [0.05, 0.1) is 5.52 Å². The first-order valence-electron chi connectivity index (χ1n) is 4.24. The maximum Gasteiger partial charge on any atom is 0.201 e. The molecule has 0 saturated heterocycles. The molecule has 2 rings (SSSR count). The summed E-state index contributed by atoms with van der Waals surface area (Å²) < 4.78 is 27.7. The number of hydrogen-bond acceptors (Lipinski definition) is 2. The smallest absolute Gasteiger partial charge is 0.201 e. The molecule has 0 fully saturated rings. The van der Waals surface area contributed by atoms with E-state index in [1.54, 1.807) is 4.57 Å². The number of aryl methyl sites for hydroxylation is 1. The zero-order valence-electron chi connectivity index (χ0n) is 7.59. The van der Waals surface area contributed by atoms with Crippen LogP contribution in [0.5, 0.6) is 0 Å². The van der Waals surface area contributed by atoms with Crippen LogP contribution in [-0.4, -0.2) is 9.55 Å². The fourth-order valence-electron chi connectivity index (χ4n) is 1.50. The fourth-order valence-corrected chi connectivity index (χ4v) is 1.50. The Hall–Kier alpha value is -1.65. The van der Waals surface area contributed by atoms with Gasteiger partial charge in [0.15, 0.2) is 5.82 Å². The Morgan fingerprint density at radius 1 is 1.43 bits per heavy atom. The maximum atomic E-state index is 13.2. The lowest BCUT2D eigenvalue weighted by molar-refractivity contribution is 0.590. The number of hydrogen-bond donors (Lipinski definition) is 1. The molecule has 74 valence electrons. The van der Waals surface area contributed by atoms with Crippen molar-refractivity contribution in [3.05, 3.63) is 23.8 Å². The number of fused-ring (bicyclic) bond motifs is 1. The van der Waals surface area contributed by atoms with Gasteiger partial charge in [-0.3, -0.25) is 0 Å². The number of nitrogens with two attached hydrogens (primary N) is 1. The van der Waals surface area contributed by atoms with Crippen LogP contribution in [0.4, 0.5) is 14.7 Å². The highest BCUT2D eigenvalue weighted by atomic mass is 19.1. The number of rotatable bonds is 1. The van der Waals surface area contributed by atoms with Gasteiger partial charge in [-0.15, -0.1) is 0 Å². The van der Waals surface area contributed by atoms with Crippen LogP contribution >= 0.6 is 0 Å². The first-order chi connectivity index (χ1) is 6.63. The van der Waals surface area contributed by atoms with Gasteiger partial charge in [-0.1, -0.05) is 0 Å². The molecule has 1 aromatic carbocycles. The molecule has 14 heavy (non-hydrogen) atoms. The molecule has 1 aromatic heterocycles. The standard InChI is InChI=1S/C9H9F2N3/c1-2-14-7-4-5(10)3-6(11)8(7)13-9(14)12/h3-4H,2H2,1H3,(H2,12,13). The molecule has 0 radical (unpaired) electrons. The van der Waals surface area contributed by atoms with E-state index in [1.165, 1.54) is 6.07 Å². The van der Waals surface area contributed by atoms with Crippen LogP contribution in [0.15, 0.2) is 12.1 Å². The van der Waals surface area contributed by atoms with Gasteiger partial charge < -0.3 is 10.3 Å². The molecule has 2 aromatic rings. The first-order valence-corrected chi connectivity index (χ1v) is 4.24. The molecule has 0 amide bonds. The van der Waals surface area contributed by atoms with Crippen LogP contribution in [0.3, 0.4) is 0 Å². The average molecular weight is 197 g/mol. The SMILES string of the molecule is CCn1c(N)nc2c(F)cc(F)cc21. The number of benzene rings is 1. The van der Waals surface area contributed by atoms with Crippen molar-refractivity contribution in [2.45, 2.75) is 13.5 Å². The Labute approximate surface area is 79.2 Å². The highest BCUT2D eigenvalue weighted by Gasteiger charge is 2.12. The van der Waals surface area contributed by atoms with E-state index in [0.29, 0.717) is 12.1 Å². The Morgan fingerprint density at radius 2 is 2.14 bits per heavy atom. The van der Waals surface area contributed by atoms with Crippen LogP contribution in [0.25, 0.3) is 11.0 Å². The number of nitrogens with zero attached hydrogens (tertiary/aromatic N) is 2. The van der Waals surface area contributed by atoms with Gasteiger partial charge in [-0.2, -0.15) is 0 Å². The predicted octanol–water partition coefficient (Wildman–Crippen LogP) is 1.92. The van der Waals surface area contributed by atoms with Gasteiger partial charge in [0.1, 0.15) is 11.3 Å². The molecule has 0 saturated carbocycles. The van der Waals surface area contributed by atoms with Crippen LogP contribution in [0, 0.1) is 11.6 Å². The van der Waals surface area contributed by atoms with E-state index in [2.05, 4.69) is 4.98 Å². The van der Waals surface area contributed by atoms with E-state index in [0.717, 1.165) is 6.07 Å². The number of imidazole rings is 1. The van der Waals surface area contributed by atoms with E-state index in [-0.39, 0.29) is 11.5 Å². The molecule has 0 bridgehead atoms. The molecule has 0 aliphatic rings. The molecule has 0 aliphatic carbocycles. The van der Waals surface area contributed by atoms with E-state index < -0.39 is 11.6 Å². The van der Waals surface area contributed by atoms with Crippen LogP contribution in [0.2, 0.25) is 0 Å². The monoisotopic (exact) mass is 197 g/mol. The van der Waals surface area contributed by atoms with Crippen LogP contribution in [0.1, 0.15) is 6.92 Å². The maximum absolute atomic E-state index is 13.2. The number of anilines is 1. The minimum atomic E-state index is -0.682. The average Bonchev–Trinajstić information content (AvgIpc) is 2.41. The molecule has 5 heteroatoms. The van der Waals surface area contributed by atoms with Crippen LogP contribution < -0.4 is 5.73 Å². The van der Waals surface area contributed by atoms with E-state index in [9.17, 15) is 8.78 Å². The highest BCUT2D eigenvalue weighted by molar-refractivity contribution is 5.79. The molecule has 3 nitrogen and oxygen atoms in total. The summed E-state index contributed by atoms with van der Waals surface area (Å²) in [5, 5.41) is 0. The van der Waals surface area contributed by atoms with Crippen molar-refractivity contribution < 1.29 is 8.78 Å². The summed E-state index contributed by atoms with van der Waals surface area (Å²) in [7, 11) is 0. The minimum absolute atomic E-state index is 0.116. The van der Waals surface area contributed by atoms with Crippen molar-refractivity contribution in [1.29, 1.82) is 0 Å². The Kier molecular flexibility index (Phi) is 1.87. The van der Waals surface area contributed by atoms with Gasteiger partial charge >= 0.3 is 0 Å². The van der Waals surface area contributed by atoms with Gasteiger partial charge in [0, 0.05) is 18.7 Å². The molecular formula is C9H9F2N3. The highest BCUT2D eigenvalue weighted by Crippen LogP contribution is 2.21. The summed E-state index contributed by atoms with van der Waals surface area (Å²) in [6, 6.07) is 2.03. The Balaban J connectivity index is 2.87. The van der Waals surface area contributed by atoms with E-state index >= 15 is 0 Å². The lowest BCUT2D eigenvalue weighted by atomic mass is 10.3. The third-order valence-corrected chi connectivity index (χ3v) is 2.12. The van der Waals surface area contributed by atoms with Crippen molar-refractivity contribution in [1.82, 2.24) is 9.55 Å². The third kappa shape index (κ3) is 1.13. The second kappa shape index (κ2) is 2.94. The molecule has 1 heterocycles. The Bertz CT molecular complexity index is 490. The second-order valence-corrected chi connectivity index (χ2v) is 2.97. The van der Waals surface area contributed by atoms with Gasteiger partial charge in [-0.05, 0) is 6.92 Å². The van der Waals surface area contributed by atoms with Gasteiger partial charge in [0.25, 0.3) is 0 Å². The van der Waals surface area contributed by atoms with Crippen LogP contribution in [-0.2, 0) is 6.54 Å². The largest absolute Gasteiger partial charge is 0.369 e. The second-order valence-electron chi connectivity index (χ2n) is 2.97. The zero-order chi connectivity index (χ0) is 10.3. The lowest BCUT2D eigenvalue weighted by Gasteiger charge is -2.00. The fraction of sp³-hybridized carbons (Fsp3) is 0.222. The zero-order valence-corrected chi connectivity index (χ0v) is 7.59. The Morgan fingerprint density at radius 3 is 2.79 bits per heavy atom. The van der Waals surface area contributed by atoms with Gasteiger partial charge in [-0.25, -0.2) is 13.8 Å². The van der Waals surface area contributed by atoms with Crippen molar-refractivity contribution >= 4 is 17.0 Å². The molecular weight excluding hydrogens is 188 g/mol. The summed E-state index contributed by atoms with van der Waals surface area (Å²) in [6.07, 6.45) is 0. The lowest BCUT2D eigenvalue weighted by Crippen LogP contribution is -2.00. The summed E-state index contributed by atoms with van der Waals surface area (Å²) in [5.74, 6) is -1.10. The molecule has 0 aliphatic heterocycles. The minimum Gasteiger partial charge on any atom is -0.369 e. The molecule has 2 N–H and O–H groups in total. The summed E-state index contributed by atoms with van der Waals surface area (Å²) in [4.78, 5) is 3.82. The number of nitrogen functional groups attached to an aromatic ring is 1. The van der Waals surface area contributed by atoms with Crippen molar-refractivity contribution in [2.75, 3.05) is 5.73 Å². The van der Waals surface area contributed by atoms with E-state index in [1.807, 2.05) is 6.92 Å². The van der Waals surface area contributed by atoms with Crippen molar-refractivity contribution in [3.8, 4) is 0 Å². The van der Waals surface area contributed by atoms with Gasteiger partial charge in [0.2, 0.25) is 5.95 Å².